The molecule has 4 amide bonds. The average molecular weight is 282 g/mol. The second-order valence-electron chi connectivity index (χ2n) is 4.72. The van der Waals surface area contributed by atoms with Gasteiger partial charge in [-0.3, -0.25) is 19.2 Å². The Bertz CT molecular complexity index is 665. The topological polar surface area (TPSA) is 74.8 Å². The first-order valence-corrected chi connectivity index (χ1v) is 6.21. The molecule has 0 spiro atoms. The van der Waals surface area contributed by atoms with Crippen molar-refractivity contribution in [3.63, 3.8) is 0 Å². The van der Waals surface area contributed by atoms with Crippen molar-refractivity contribution in [1.82, 2.24) is 0 Å². The van der Waals surface area contributed by atoms with Crippen LogP contribution < -0.4 is 9.80 Å². The highest BCUT2D eigenvalue weighted by Crippen LogP contribution is 2.28. The van der Waals surface area contributed by atoms with Gasteiger partial charge in [-0.05, 0) is 30.7 Å². The zero-order valence-corrected chi connectivity index (χ0v) is 11.1. The minimum absolute atomic E-state index is 0.331. The van der Waals surface area contributed by atoms with Crippen LogP contribution in [0.25, 0.3) is 0 Å². The Morgan fingerprint density at radius 3 is 1.29 bits per heavy atom. The molecule has 3 rings (SSSR count). The lowest BCUT2D eigenvalue weighted by Crippen LogP contribution is -2.32. The van der Waals surface area contributed by atoms with Crippen molar-refractivity contribution >= 4 is 35.0 Å². The molecule has 2 aliphatic heterocycles. The summed E-state index contributed by atoms with van der Waals surface area (Å²) in [6, 6.07) is 4.76. The molecule has 6 nitrogen and oxygen atoms in total. The summed E-state index contributed by atoms with van der Waals surface area (Å²) in [6.07, 6.45) is 4.71. The number of amides is 4. The van der Waals surface area contributed by atoms with Crippen LogP contribution in [-0.2, 0) is 19.2 Å². The van der Waals surface area contributed by atoms with Crippen LogP contribution in [0.15, 0.2) is 42.5 Å². The third-order valence-electron chi connectivity index (χ3n) is 3.18. The number of anilines is 2. The van der Waals surface area contributed by atoms with Crippen LogP contribution in [0.2, 0.25) is 0 Å². The molecular formula is C15H10N2O4. The molecule has 0 fully saturated rings. The van der Waals surface area contributed by atoms with E-state index in [-0.39, 0.29) is 0 Å². The highest BCUT2D eigenvalue weighted by Gasteiger charge is 2.29. The monoisotopic (exact) mass is 282 g/mol. The number of carbonyl (C=O) groups is 4. The Hall–Kier alpha value is -3.02. The number of hydrogen-bond donors (Lipinski definition) is 0. The highest BCUT2D eigenvalue weighted by atomic mass is 16.2. The lowest BCUT2D eigenvalue weighted by atomic mass is 10.1. The van der Waals surface area contributed by atoms with Crippen LogP contribution in [0.1, 0.15) is 5.56 Å². The second kappa shape index (κ2) is 4.52. The van der Waals surface area contributed by atoms with Crippen molar-refractivity contribution < 1.29 is 19.2 Å². The quantitative estimate of drug-likeness (QED) is 0.754. The predicted octanol–water partition coefficient (Wildman–Crippen LogP) is 0.854. The fraction of sp³-hybridized carbons (Fsp3) is 0.0667. The van der Waals surface area contributed by atoms with Crippen LogP contribution in [0.5, 0.6) is 0 Å². The van der Waals surface area contributed by atoms with E-state index < -0.39 is 23.6 Å². The number of benzene rings is 1. The van der Waals surface area contributed by atoms with Gasteiger partial charge in [0.05, 0.1) is 11.4 Å². The first-order valence-electron chi connectivity index (χ1n) is 6.21. The molecule has 0 saturated heterocycles. The van der Waals surface area contributed by atoms with Gasteiger partial charge >= 0.3 is 0 Å². The Balaban J connectivity index is 2.05. The Morgan fingerprint density at radius 2 is 0.952 bits per heavy atom. The number of hydrogen-bond acceptors (Lipinski definition) is 4. The van der Waals surface area contributed by atoms with Crippen LogP contribution in [0.3, 0.4) is 0 Å². The van der Waals surface area contributed by atoms with Gasteiger partial charge in [-0.25, -0.2) is 9.80 Å². The van der Waals surface area contributed by atoms with Crippen LogP contribution in [0.4, 0.5) is 11.4 Å². The van der Waals surface area contributed by atoms with E-state index in [1.54, 1.807) is 19.1 Å². The molecule has 1 aromatic rings. The fourth-order valence-corrected chi connectivity index (χ4v) is 2.31. The first kappa shape index (κ1) is 13.0. The molecule has 0 N–H and O–H groups in total. The molecule has 21 heavy (non-hydrogen) atoms. The molecule has 2 aliphatic rings. The third-order valence-corrected chi connectivity index (χ3v) is 3.18. The fourth-order valence-electron chi connectivity index (χ4n) is 2.31. The third kappa shape index (κ3) is 2.06. The lowest BCUT2D eigenvalue weighted by Gasteiger charge is -2.19. The van der Waals surface area contributed by atoms with E-state index in [2.05, 4.69) is 0 Å². The molecule has 0 radical (unpaired) electrons. The summed E-state index contributed by atoms with van der Waals surface area (Å²) in [5, 5.41) is 0. The van der Waals surface area contributed by atoms with Crippen molar-refractivity contribution in [3.05, 3.63) is 48.1 Å². The molecular weight excluding hydrogens is 272 g/mol. The average Bonchev–Trinajstić information content (AvgIpc) is 2.92. The molecule has 0 atom stereocenters. The molecule has 0 aliphatic carbocycles. The van der Waals surface area contributed by atoms with Gasteiger partial charge in [0.15, 0.2) is 0 Å². The van der Waals surface area contributed by atoms with Gasteiger partial charge < -0.3 is 0 Å². The summed E-state index contributed by atoms with van der Waals surface area (Å²) >= 11 is 0. The highest BCUT2D eigenvalue weighted by molar-refractivity contribution is 6.30. The maximum Gasteiger partial charge on any atom is 0.258 e. The summed E-state index contributed by atoms with van der Waals surface area (Å²) in [6.45, 7) is 1.75. The number of rotatable bonds is 2. The van der Waals surface area contributed by atoms with Gasteiger partial charge in [0, 0.05) is 24.3 Å². The largest absolute Gasteiger partial charge is 0.269 e. The zero-order valence-electron chi connectivity index (χ0n) is 11.1. The predicted molar refractivity (Wildman–Crippen MR) is 74.4 cm³/mol. The van der Waals surface area contributed by atoms with Gasteiger partial charge in [-0.2, -0.15) is 0 Å². The molecule has 0 aromatic heterocycles. The van der Waals surface area contributed by atoms with Crippen LogP contribution in [-0.4, -0.2) is 23.6 Å². The molecule has 0 unspecified atom stereocenters. The van der Waals surface area contributed by atoms with E-state index in [0.29, 0.717) is 11.4 Å². The summed E-state index contributed by atoms with van der Waals surface area (Å²) < 4.78 is 0. The lowest BCUT2D eigenvalue weighted by molar-refractivity contribution is -0.121. The second-order valence-corrected chi connectivity index (χ2v) is 4.72. The maximum atomic E-state index is 11.7. The minimum atomic E-state index is -0.450. The van der Waals surface area contributed by atoms with Gasteiger partial charge in [-0.15, -0.1) is 0 Å². The van der Waals surface area contributed by atoms with E-state index in [9.17, 15) is 19.2 Å². The van der Waals surface area contributed by atoms with Crippen molar-refractivity contribution in [2.75, 3.05) is 9.80 Å². The summed E-state index contributed by atoms with van der Waals surface area (Å²) in [7, 11) is 0. The van der Waals surface area contributed by atoms with Gasteiger partial charge in [-0.1, -0.05) is 0 Å². The maximum absolute atomic E-state index is 11.7. The molecule has 104 valence electrons. The normalized spacial score (nSPS) is 17.6. The molecule has 2 heterocycles. The van der Waals surface area contributed by atoms with E-state index in [1.807, 2.05) is 0 Å². The molecule has 1 aromatic carbocycles. The van der Waals surface area contributed by atoms with E-state index >= 15 is 0 Å². The number of carbonyl (C=O) groups excluding carboxylic acids is 4. The zero-order chi connectivity index (χ0) is 15.1. The summed E-state index contributed by atoms with van der Waals surface area (Å²) in [4.78, 5) is 48.9. The van der Waals surface area contributed by atoms with Crippen molar-refractivity contribution in [2.24, 2.45) is 0 Å². The smallest absolute Gasteiger partial charge is 0.258 e. The Morgan fingerprint density at radius 1 is 0.619 bits per heavy atom. The van der Waals surface area contributed by atoms with Crippen LogP contribution in [0, 0.1) is 6.92 Å². The van der Waals surface area contributed by atoms with E-state index in [4.69, 9.17) is 0 Å². The first-order chi connectivity index (χ1) is 9.97. The van der Waals surface area contributed by atoms with Crippen molar-refractivity contribution in [2.45, 2.75) is 6.92 Å². The van der Waals surface area contributed by atoms with Gasteiger partial charge in [0.25, 0.3) is 23.6 Å². The minimum Gasteiger partial charge on any atom is -0.269 e. The summed E-state index contributed by atoms with van der Waals surface area (Å²) in [5.74, 6) is -1.80. The van der Waals surface area contributed by atoms with E-state index in [0.717, 1.165) is 15.4 Å². The van der Waals surface area contributed by atoms with Crippen molar-refractivity contribution in [1.29, 1.82) is 0 Å². The van der Waals surface area contributed by atoms with Crippen molar-refractivity contribution in [3.8, 4) is 0 Å². The van der Waals surface area contributed by atoms with Gasteiger partial charge in [0.2, 0.25) is 0 Å². The SMILES string of the molecule is Cc1cc(N2C(=O)C=CC2=O)cc(N2C(=O)C=CC2=O)c1. The number of imide groups is 2. The van der Waals surface area contributed by atoms with E-state index in [1.165, 1.54) is 30.4 Å². The molecule has 0 bridgehead atoms. The summed E-state index contributed by atoms with van der Waals surface area (Å²) in [5.41, 5.74) is 1.39. The molecule has 6 heteroatoms. The number of aryl methyl sites for hydroxylation is 1. The standard InChI is InChI=1S/C15H10N2O4/c1-9-6-10(16-12(18)2-3-13(16)19)8-11(7-9)17-14(20)4-5-15(17)21/h2-8H,1H3. The molecule has 0 saturated carbocycles. The van der Waals surface area contributed by atoms with Gasteiger partial charge in [0.1, 0.15) is 0 Å². The number of nitrogens with zero attached hydrogens (tertiary/aromatic N) is 2. The van der Waals surface area contributed by atoms with Crippen LogP contribution >= 0.6 is 0 Å². The Labute approximate surface area is 119 Å². The Kier molecular flexibility index (Phi) is 2.79.